The van der Waals surface area contributed by atoms with Crippen LogP contribution in [0.2, 0.25) is 0 Å². The Hall–Kier alpha value is -1.30. The Morgan fingerprint density at radius 1 is 1.13 bits per heavy atom. The minimum atomic E-state index is 1.18. The molecule has 0 spiro atoms. The molecule has 1 aromatic rings. The fourth-order valence-corrected chi connectivity index (χ4v) is 2.53. The third-order valence-electron chi connectivity index (χ3n) is 3.32. The maximum absolute atomic E-state index is 3.94. The minimum Gasteiger partial charge on any atom is -0.0984 e. The van der Waals surface area contributed by atoms with E-state index in [0.29, 0.717) is 0 Å². The molecule has 1 aromatic carbocycles. The van der Waals surface area contributed by atoms with Gasteiger partial charge in [0.05, 0.1) is 0 Å². The Bertz CT molecular complexity index is 447. The van der Waals surface area contributed by atoms with Gasteiger partial charge in [-0.25, -0.2) is 0 Å². The molecule has 0 N–H and O–H groups in total. The summed E-state index contributed by atoms with van der Waals surface area (Å²) in [7, 11) is 0. The van der Waals surface area contributed by atoms with Crippen molar-refractivity contribution in [2.24, 2.45) is 0 Å². The number of hydrogen-bond acceptors (Lipinski definition) is 0. The van der Waals surface area contributed by atoms with E-state index in [1.54, 1.807) is 0 Å². The second kappa shape index (κ2) is 3.69. The van der Waals surface area contributed by atoms with Crippen LogP contribution in [0.25, 0.3) is 5.57 Å². The van der Waals surface area contributed by atoms with Gasteiger partial charge < -0.3 is 0 Å². The van der Waals surface area contributed by atoms with Crippen LogP contribution in [0.15, 0.2) is 30.4 Å². The van der Waals surface area contributed by atoms with Crippen molar-refractivity contribution in [1.29, 1.82) is 0 Å². The lowest BCUT2D eigenvalue weighted by Crippen LogP contribution is -2.05. The quantitative estimate of drug-likeness (QED) is 0.634. The maximum atomic E-state index is 3.94. The van der Waals surface area contributed by atoms with Crippen molar-refractivity contribution >= 4 is 5.57 Å². The van der Waals surface area contributed by atoms with Gasteiger partial charge in [-0.3, -0.25) is 0 Å². The van der Waals surface area contributed by atoms with E-state index >= 15 is 0 Å². The highest BCUT2D eigenvalue weighted by atomic mass is 14.2. The van der Waals surface area contributed by atoms with Crippen LogP contribution in [0.3, 0.4) is 0 Å². The predicted molar refractivity (Wildman–Crippen MR) is 67.0 cm³/mol. The number of benzene rings is 1. The number of rotatable bonds is 1. The molecule has 1 aliphatic rings. The largest absolute Gasteiger partial charge is 0.0984 e. The number of aryl methyl sites for hydroxylation is 2. The molecule has 0 atom stereocenters. The van der Waals surface area contributed by atoms with E-state index in [4.69, 9.17) is 0 Å². The summed E-state index contributed by atoms with van der Waals surface area (Å²) in [6.07, 6.45) is 4.37. The molecule has 0 saturated carbocycles. The summed E-state index contributed by atoms with van der Waals surface area (Å²) in [5.41, 5.74) is 8.52. The second-order valence-electron chi connectivity index (χ2n) is 4.51. The van der Waals surface area contributed by atoms with Gasteiger partial charge in [-0.15, -0.1) is 0 Å². The van der Waals surface area contributed by atoms with Crippen molar-refractivity contribution < 1.29 is 0 Å². The zero-order valence-corrected chi connectivity index (χ0v) is 9.85. The van der Waals surface area contributed by atoms with E-state index in [0.717, 1.165) is 0 Å². The highest BCUT2D eigenvalue weighted by molar-refractivity contribution is 5.80. The smallest absolute Gasteiger partial charge is 0.0147 e. The van der Waals surface area contributed by atoms with Crippen molar-refractivity contribution in [3.05, 3.63) is 52.6 Å². The molecular formula is C15H18. The van der Waals surface area contributed by atoms with Gasteiger partial charge in [-0.2, -0.15) is 0 Å². The molecule has 0 bridgehead atoms. The van der Waals surface area contributed by atoms with Crippen molar-refractivity contribution in [3.8, 4) is 0 Å². The van der Waals surface area contributed by atoms with Crippen molar-refractivity contribution in [3.63, 3.8) is 0 Å². The summed E-state index contributed by atoms with van der Waals surface area (Å²) in [4.78, 5) is 0. The summed E-state index contributed by atoms with van der Waals surface area (Å²) in [5.74, 6) is 0. The van der Waals surface area contributed by atoms with Gasteiger partial charge in [0.25, 0.3) is 0 Å². The molecule has 0 radical (unpaired) electrons. The van der Waals surface area contributed by atoms with Gasteiger partial charge in [0.15, 0.2) is 0 Å². The van der Waals surface area contributed by atoms with Crippen molar-refractivity contribution in [2.75, 3.05) is 0 Å². The van der Waals surface area contributed by atoms with Crippen LogP contribution in [0, 0.1) is 13.8 Å². The van der Waals surface area contributed by atoms with Crippen LogP contribution < -0.4 is 0 Å². The Morgan fingerprint density at radius 3 is 2.53 bits per heavy atom. The van der Waals surface area contributed by atoms with Crippen LogP contribution in [-0.4, -0.2) is 0 Å². The van der Waals surface area contributed by atoms with Crippen LogP contribution in [0.1, 0.15) is 35.6 Å². The molecule has 0 nitrogen and oxygen atoms in total. The third kappa shape index (κ3) is 1.65. The molecule has 0 heteroatoms. The molecule has 78 valence electrons. The van der Waals surface area contributed by atoms with E-state index in [2.05, 4.69) is 39.5 Å². The molecule has 0 amide bonds. The first-order chi connectivity index (χ1) is 7.13. The van der Waals surface area contributed by atoms with Crippen molar-refractivity contribution in [2.45, 2.75) is 33.6 Å². The van der Waals surface area contributed by atoms with E-state index in [1.807, 2.05) is 6.08 Å². The Morgan fingerprint density at radius 2 is 1.87 bits per heavy atom. The highest BCUT2D eigenvalue weighted by Crippen LogP contribution is 2.34. The molecule has 0 aromatic heterocycles. The van der Waals surface area contributed by atoms with Gasteiger partial charge in [0.2, 0.25) is 0 Å². The summed E-state index contributed by atoms with van der Waals surface area (Å²) >= 11 is 0. The van der Waals surface area contributed by atoms with Crippen molar-refractivity contribution in [1.82, 2.24) is 0 Å². The zero-order valence-electron chi connectivity index (χ0n) is 9.85. The fourth-order valence-electron chi connectivity index (χ4n) is 2.53. The van der Waals surface area contributed by atoms with E-state index < -0.39 is 0 Å². The minimum absolute atomic E-state index is 1.18. The molecule has 15 heavy (non-hydrogen) atoms. The number of allylic oxidation sites excluding steroid dienone is 3. The van der Waals surface area contributed by atoms with E-state index in [1.165, 1.54) is 46.2 Å². The average molecular weight is 198 g/mol. The first-order valence-electron chi connectivity index (χ1n) is 5.56. The molecule has 0 aliphatic heterocycles. The SMILES string of the molecule is C=CC1=C(C)CCc2c(C)cc(C)cc21. The van der Waals surface area contributed by atoms with Crippen LogP contribution >= 0.6 is 0 Å². The Labute approximate surface area is 92.3 Å². The number of fused-ring (bicyclic) bond motifs is 1. The summed E-state index contributed by atoms with van der Waals surface area (Å²) in [6, 6.07) is 4.57. The van der Waals surface area contributed by atoms with E-state index in [-0.39, 0.29) is 0 Å². The highest BCUT2D eigenvalue weighted by Gasteiger charge is 2.16. The zero-order chi connectivity index (χ0) is 11.0. The Balaban J connectivity index is 2.71. The maximum Gasteiger partial charge on any atom is -0.0147 e. The normalized spacial score (nSPS) is 15.1. The molecule has 0 heterocycles. The van der Waals surface area contributed by atoms with Gasteiger partial charge in [-0.05, 0) is 55.9 Å². The lowest BCUT2D eigenvalue weighted by Gasteiger charge is -2.22. The van der Waals surface area contributed by atoms with Gasteiger partial charge in [0.1, 0.15) is 0 Å². The molecule has 1 aliphatic carbocycles. The molecule has 0 fully saturated rings. The summed E-state index contributed by atoms with van der Waals surface area (Å²) in [6.45, 7) is 10.5. The molecule has 2 rings (SSSR count). The van der Waals surface area contributed by atoms with Crippen LogP contribution in [0.4, 0.5) is 0 Å². The monoisotopic (exact) mass is 198 g/mol. The molecule has 0 saturated heterocycles. The summed E-state index contributed by atoms with van der Waals surface area (Å²) < 4.78 is 0. The predicted octanol–water partition coefficient (Wildman–Crippen LogP) is 4.21. The van der Waals surface area contributed by atoms with E-state index in [9.17, 15) is 0 Å². The standard InChI is InChI=1S/C15H18/c1-5-13-11(3)6-7-14-12(4)8-10(2)9-15(13)14/h5,8-9H,1,6-7H2,2-4H3. The van der Waals surface area contributed by atoms with Crippen LogP contribution in [0.5, 0.6) is 0 Å². The first-order valence-corrected chi connectivity index (χ1v) is 5.56. The first kappa shape index (κ1) is 10.2. The van der Waals surface area contributed by atoms with Gasteiger partial charge in [0, 0.05) is 0 Å². The van der Waals surface area contributed by atoms with Gasteiger partial charge in [-0.1, -0.05) is 35.9 Å². The third-order valence-corrected chi connectivity index (χ3v) is 3.32. The summed E-state index contributed by atoms with van der Waals surface area (Å²) in [5, 5.41) is 0. The topological polar surface area (TPSA) is 0 Å². The molecule has 0 unspecified atom stereocenters. The van der Waals surface area contributed by atoms with Crippen LogP contribution in [-0.2, 0) is 6.42 Å². The Kier molecular flexibility index (Phi) is 2.52. The fraction of sp³-hybridized carbons (Fsp3) is 0.333. The molecular weight excluding hydrogens is 180 g/mol. The second-order valence-corrected chi connectivity index (χ2v) is 4.51. The number of hydrogen-bond donors (Lipinski definition) is 0. The average Bonchev–Trinajstić information content (AvgIpc) is 2.17. The van der Waals surface area contributed by atoms with Gasteiger partial charge >= 0.3 is 0 Å². The lowest BCUT2D eigenvalue weighted by molar-refractivity contribution is 0.909. The lowest BCUT2D eigenvalue weighted by atomic mass is 9.83.